The third-order valence-electron chi connectivity index (χ3n) is 6.84. The van der Waals surface area contributed by atoms with Gasteiger partial charge in [-0.2, -0.15) is 0 Å². The molecule has 0 spiro atoms. The van der Waals surface area contributed by atoms with Gasteiger partial charge >= 0.3 is 0 Å². The molecular formula is C28H31N7O5. The fourth-order valence-corrected chi connectivity index (χ4v) is 4.57. The second-order valence-electron chi connectivity index (χ2n) is 9.79. The second kappa shape index (κ2) is 11.8. The number of amides is 2. The van der Waals surface area contributed by atoms with Crippen LogP contribution in [-0.2, 0) is 16.1 Å². The smallest absolute Gasteiger partial charge is 0.256 e. The molecule has 1 aliphatic rings. The Kier molecular flexibility index (Phi) is 8.01. The third kappa shape index (κ3) is 5.78. The zero-order chi connectivity index (χ0) is 28.2. The summed E-state index contributed by atoms with van der Waals surface area (Å²) in [5, 5.41) is 27.0. The molecule has 3 heterocycles. The van der Waals surface area contributed by atoms with E-state index in [9.17, 15) is 19.8 Å². The number of benzene rings is 2. The second-order valence-corrected chi connectivity index (χ2v) is 9.79. The van der Waals surface area contributed by atoms with Crippen molar-refractivity contribution in [1.82, 2.24) is 24.8 Å². The van der Waals surface area contributed by atoms with Crippen molar-refractivity contribution in [3.8, 4) is 0 Å². The number of anilines is 2. The largest absolute Gasteiger partial charge is 0.388 e. The zero-order valence-electron chi connectivity index (χ0n) is 22.1. The summed E-state index contributed by atoms with van der Waals surface area (Å²) in [5.41, 5.74) is 3.12. The van der Waals surface area contributed by atoms with Crippen LogP contribution < -0.4 is 15.5 Å². The van der Waals surface area contributed by atoms with Crippen molar-refractivity contribution >= 4 is 34.5 Å². The van der Waals surface area contributed by atoms with E-state index in [-0.39, 0.29) is 30.5 Å². The van der Waals surface area contributed by atoms with Gasteiger partial charge in [-0.05, 0) is 36.2 Å². The minimum atomic E-state index is -1.28. The molecule has 4 aromatic rings. The summed E-state index contributed by atoms with van der Waals surface area (Å²) in [6, 6.07) is 16.6. The van der Waals surface area contributed by atoms with E-state index in [1.165, 1.54) is 17.2 Å². The average molecular weight is 546 g/mol. The summed E-state index contributed by atoms with van der Waals surface area (Å²) in [5.74, 6) is -0.341. The number of fused-ring (bicyclic) bond motifs is 1. The Morgan fingerprint density at radius 1 is 1.00 bits per heavy atom. The lowest BCUT2D eigenvalue weighted by Gasteiger charge is -2.16. The molecule has 1 aliphatic heterocycles. The number of aromatic nitrogens is 4. The number of ether oxygens (including phenoxy) is 1. The summed E-state index contributed by atoms with van der Waals surface area (Å²) >= 11 is 0. The number of hydrogen-bond donors (Lipinski definition) is 4. The van der Waals surface area contributed by atoms with Crippen LogP contribution in [0.25, 0.3) is 11.2 Å². The summed E-state index contributed by atoms with van der Waals surface area (Å²) < 4.78 is 7.45. The molecule has 1 saturated heterocycles. The summed E-state index contributed by atoms with van der Waals surface area (Å²) in [6.07, 6.45) is -1.26. The summed E-state index contributed by atoms with van der Waals surface area (Å²) in [6.45, 7) is 0.385. The number of aliphatic hydroxyl groups excluding tert-OH is 2. The number of rotatable bonds is 9. The van der Waals surface area contributed by atoms with Crippen LogP contribution in [0.15, 0.2) is 67.3 Å². The fourth-order valence-electron chi connectivity index (χ4n) is 4.57. The average Bonchev–Trinajstić information content (AvgIpc) is 3.52. The van der Waals surface area contributed by atoms with Crippen LogP contribution in [0, 0.1) is 0 Å². The molecular weight excluding hydrogens is 514 g/mol. The molecule has 4 atom stereocenters. The van der Waals surface area contributed by atoms with E-state index in [0.29, 0.717) is 23.3 Å². The van der Waals surface area contributed by atoms with Crippen LogP contribution in [-0.4, -0.2) is 74.0 Å². The fraction of sp³-hybridized carbons (Fsp3) is 0.321. The van der Waals surface area contributed by atoms with E-state index in [4.69, 9.17) is 4.74 Å². The monoisotopic (exact) mass is 545 g/mol. The lowest BCUT2D eigenvalue weighted by atomic mass is 10.1. The first kappa shape index (κ1) is 27.2. The van der Waals surface area contributed by atoms with Crippen LogP contribution >= 0.6 is 0 Å². The molecule has 0 radical (unpaired) electrons. The Labute approximate surface area is 230 Å². The number of nitrogens with zero attached hydrogens (tertiary/aromatic N) is 5. The van der Waals surface area contributed by atoms with Crippen LogP contribution in [0.4, 0.5) is 11.5 Å². The van der Waals surface area contributed by atoms with E-state index in [2.05, 4.69) is 25.6 Å². The SMILES string of the molecule is CN(C)c1ccc(CNC(=O)CC[C@H]2O[C@@H](n3cnc4c(NC(=O)c5ccccc5)ncnc43)[C@H](O)[C@@H]2O)cc1. The van der Waals surface area contributed by atoms with Gasteiger partial charge in [-0.1, -0.05) is 30.3 Å². The number of carbonyl (C=O) groups excluding carboxylic acids is 2. The van der Waals surface area contributed by atoms with Gasteiger partial charge in [0.1, 0.15) is 18.5 Å². The molecule has 0 bridgehead atoms. The molecule has 1 fully saturated rings. The molecule has 0 unspecified atom stereocenters. The predicted octanol–water partition coefficient (Wildman–Crippen LogP) is 1.86. The van der Waals surface area contributed by atoms with Crippen molar-refractivity contribution in [3.63, 3.8) is 0 Å². The van der Waals surface area contributed by atoms with Crippen molar-refractivity contribution in [2.45, 2.75) is 43.9 Å². The van der Waals surface area contributed by atoms with Crippen molar-refractivity contribution in [1.29, 1.82) is 0 Å². The highest BCUT2D eigenvalue weighted by Gasteiger charge is 2.44. The molecule has 12 heteroatoms. The number of carbonyl (C=O) groups is 2. The summed E-state index contributed by atoms with van der Waals surface area (Å²) in [7, 11) is 3.93. The first-order valence-electron chi connectivity index (χ1n) is 12.9. The van der Waals surface area contributed by atoms with Gasteiger partial charge in [0, 0.05) is 38.3 Å². The maximum absolute atomic E-state index is 12.6. The predicted molar refractivity (Wildman–Crippen MR) is 147 cm³/mol. The van der Waals surface area contributed by atoms with Crippen molar-refractivity contribution < 1.29 is 24.5 Å². The number of nitrogens with one attached hydrogen (secondary N) is 2. The summed E-state index contributed by atoms with van der Waals surface area (Å²) in [4.78, 5) is 39.8. The molecule has 208 valence electrons. The Bertz CT molecular complexity index is 1480. The normalized spacial score (nSPS) is 20.4. The molecule has 4 N–H and O–H groups in total. The van der Waals surface area contributed by atoms with E-state index in [1.54, 1.807) is 24.3 Å². The minimum absolute atomic E-state index is 0.111. The van der Waals surface area contributed by atoms with E-state index in [0.717, 1.165) is 11.3 Å². The van der Waals surface area contributed by atoms with Gasteiger partial charge in [-0.25, -0.2) is 15.0 Å². The van der Waals surface area contributed by atoms with Gasteiger partial charge in [0.15, 0.2) is 23.2 Å². The first-order chi connectivity index (χ1) is 19.3. The molecule has 0 saturated carbocycles. The van der Waals surface area contributed by atoms with E-state index in [1.807, 2.05) is 49.3 Å². The Morgan fingerprint density at radius 3 is 2.48 bits per heavy atom. The van der Waals surface area contributed by atoms with Gasteiger partial charge in [0.2, 0.25) is 5.91 Å². The quantitative estimate of drug-likeness (QED) is 0.247. The third-order valence-corrected chi connectivity index (χ3v) is 6.84. The lowest BCUT2D eigenvalue weighted by molar-refractivity contribution is -0.122. The van der Waals surface area contributed by atoms with Gasteiger partial charge < -0.3 is 30.5 Å². The number of hydrogen-bond acceptors (Lipinski definition) is 9. The van der Waals surface area contributed by atoms with E-state index >= 15 is 0 Å². The van der Waals surface area contributed by atoms with Gasteiger partial charge in [0.25, 0.3) is 5.91 Å². The van der Waals surface area contributed by atoms with Crippen LogP contribution in [0.3, 0.4) is 0 Å². The number of aliphatic hydroxyl groups is 2. The molecule has 2 aromatic heterocycles. The zero-order valence-corrected chi connectivity index (χ0v) is 22.1. The standard InChI is InChI=1S/C28H31N7O5/c1-34(2)19-10-8-17(9-11-19)14-29-21(36)13-12-20-23(37)24(38)28(40-20)35-16-32-22-25(30-15-31-26(22)35)33-27(39)18-6-4-3-5-7-18/h3-11,15-16,20,23-24,28,37-38H,12-14H2,1-2H3,(H,29,36)(H,30,31,33,39)/t20-,23-,24-,28-/m1/s1. The highest BCUT2D eigenvalue weighted by Crippen LogP contribution is 2.34. The van der Waals surface area contributed by atoms with Crippen LogP contribution in [0.1, 0.15) is 35.0 Å². The van der Waals surface area contributed by atoms with Gasteiger partial charge in [-0.3, -0.25) is 14.2 Å². The Hall–Kier alpha value is -4.39. The van der Waals surface area contributed by atoms with E-state index < -0.39 is 24.5 Å². The molecule has 2 aromatic carbocycles. The first-order valence-corrected chi connectivity index (χ1v) is 12.9. The minimum Gasteiger partial charge on any atom is -0.388 e. The molecule has 0 aliphatic carbocycles. The maximum atomic E-state index is 12.6. The van der Waals surface area contributed by atoms with Crippen molar-refractivity contribution in [2.24, 2.45) is 0 Å². The Balaban J connectivity index is 1.20. The topological polar surface area (TPSA) is 155 Å². The highest BCUT2D eigenvalue weighted by atomic mass is 16.6. The number of imidazole rings is 1. The van der Waals surface area contributed by atoms with Gasteiger partial charge in [0.05, 0.1) is 12.4 Å². The van der Waals surface area contributed by atoms with Crippen LogP contribution in [0.2, 0.25) is 0 Å². The highest BCUT2D eigenvalue weighted by molar-refractivity contribution is 6.06. The molecule has 2 amide bonds. The lowest BCUT2D eigenvalue weighted by Crippen LogP contribution is -2.32. The van der Waals surface area contributed by atoms with Crippen molar-refractivity contribution in [2.75, 3.05) is 24.3 Å². The molecule has 5 rings (SSSR count). The molecule has 40 heavy (non-hydrogen) atoms. The van der Waals surface area contributed by atoms with Crippen molar-refractivity contribution in [3.05, 3.63) is 78.4 Å². The Morgan fingerprint density at radius 2 is 1.75 bits per heavy atom. The molecule has 12 nitrogen and oxygen atoms in total. The maximum Gasteiger partial charge on any atom is 0.256 e. The van der Waals surface area contributed by atoms with Crippen LogP contribution in [0.5, 0.6) is 0 Å². The van der Waals surface area contributed by atoms with Gasteiger partial charge in [-0.15, -0.1) is 0 Å².